The second-order valence-corrected chi connectivity index (χ2v) is 5.46. The molecule has 2 unspecified atom stereocenters. The third-order valence-electron chi connectivity index (χ3n) is 4.09. The molecule has 7 nitrogen and oxygen atoms in total. The second kappa shape index (κ2) is 4.88. The van der Waals surface area contributed by atoms with Crippen LogP contribution >= 0.6 is 0 Å². The number of nitrogens with one attached hydrogen (secondary N) is 1. The first kappa shape index (κ1) is 13.1. The standard InChI is InChI=1S/C13H19N5O2/c1-3-18-10(14-7-15-18)6-17-8(2)12(19)16-11(13(17)20)9-4-5-9/h7-9,11H,3-6H2,1-2H3,(H,16,19). The molecule has 1 aliphatic carbocycles. The van der Waals surface area contributed by atoms with Crippen molar-refractivity contribution in [2.45, 2.75) is 51.9 Å². The quantitative estimate of drug-likeness (QED) is 0.835. The van der Waals surface area contributed by atoms with Gasteiger partial charge >= 0.3 is 0 Å². The number of hydrogen-bond acceptors (Lipinski definition) is 4. The minimum absolute atomic E-state index is 0.00486. The van der Waals surface area contributed by atoms with Gasteiger partial charge in [0.15, 0.2) is 0 Å². The van der Waals surface area contributed by atoms with Gasteiger partial charge in [-0.3, -0.25) is 9.59 Å². The molecular formula is C13H19N5O2. The van der Waals surface area contributed by atoms with E-state index in [1.165, 1.54) is 6.33 Å². The van der Waals surface area contributed by atoms with Gasteiger partial charge in [0.25, 0.3) is 0 Å². The topological polar surface area (TPSA) is 80.1 Å². The molecule has 2 heterocycles. The predicted molar refractivity (Wildman–Crippen MR) is 70.4 cm³/mol. The minimum Gasteiger partial charge on any atom is -0.342 e. The van der Waals surface area contributed by atoms with Gasteiger partial charge in [0.1, 0.15) is 24.2 Å². The lowest BCUT2D eigenvalue weighted by Gasteiger charge is -2.37. The molecule has 1 aliphatic heterocycles. The number of carbonyl (C=O) groups excluding carboxylic acids is 2. The first-order chi connectivity index (χ1) is 9.61. The Labute approximate surface area is 117 Å². The van der Waals surface area contributed by atoms with E-state index in [-0.39, 0.29) is 17.9 Å². The summed E-state index contributed by atoms with van der Waals surface area (Å²) in [5.74, 6) is 0.955. The summed E-state index contributed by atoms with van der Waals surface area (Å²) in [5, 5.41) is 6.95. The summed E-state index contributed by atoms with van der Waals surface area (Å²) in [5.41, 5.74) is 0. The number of hydrogen-bond donors (Lipinski definition) is 1. The molecule has 0 radical (unpaired) electrons. The fraction of sp³-hybridized carbons (Fsp3) is 0.692. The smallest absolute Gasteiger partial charge is 0.246 e. The van der Waals surface area contributed by atoms with Gasteiger partial charge in [-0.1, -0.05) is 0 Å². The lowest BCUT2D eigenvalue weighted by Crippen LogP contribution is -2.62. The summed E-state index contributed by atoms with van der Waals surface area (Å²) in [6.07, 6.45) is 3.52. The number of rotatable bonds is 4. The summed E-state index contributed by atoms with van der Waals surface area (Å²) < 4.78 is 1.75. The van der Waals surface area contributed by atoms with E-state index in [1.54, 1.807) is 16.5 Å². The SMILES string of the molecule is CCn1ncnc1CN1C(=O)C(C2CC2)NC(=O)C1C. The van der Waals surface area contributed by atoms with Gasteiger partial charge in [0.2, 0.25) is 11.8 Å². The largest absolute Gasteiger partial charge is 0.342 e. The molecular weight excluding hydrogens is 258 g/mol. The molecule has 2 amide bonds. The molecule has 1 saturated heterocycles. The van der Waals surface area contributed by atoms with Crippen molar-refractivity contribution >= 4 is 11.8 Å². The molecule has 1 N–H and O–H groups in total. The maximum Gasteiger partial charge on any atom is 0.246 e. The third-order valence-corrected chi connectivity index (χ3v) is 4.09. The Hall–Kier alpha value is -1.92. The highest BCUT2D eigenvalue weighted by Crippen LogP contribution is 2.35. The van der Waals surface area contributed by atoms with Gasteiger partial charge in [-0.05, 0) is 32.6 Å². The summed E-state index contributed by atoms with van der Waals surface area (Å²) in [6, 6.07) is -0.809. The lowest BCUT2D eigenvalue weighted by atomic mass is 10.0. The Morgan fingerprint density at radius 3 is 2.80 bits per heavy atom. The zero-order valence-electron chi connectivity index (χ0n) is 11.7. The molecule has 108 valence electrons. The van der Waals surface area contributed by atoms with E-state index in [9.17, 15) is 9.59 Å². The van der Waals surface area contributed by atoms with Gasteiger partial charge in [0, 0.05) is 6.54 Å². The van der Waals surface area contributed by atoms with E-state index in [4.69, 9.17) is 0 Å². The fourth-order valence-corrected chi connectivity index (χ4v) is 2.64. The number of amides is 2. The molecule has 1 saturated carbocycles. The summed E-state index contributed by atoms with van der Waals surface area (Å²) in [7, 11) is 0. The number of piperazine rings is 1. The molecule has 2 fully saturated rings. The van der Waals surface area contributed by atoms with Gasteiger partial charge in [-0.25, -0.2) is 9.67 Å². The molecule has 20 heavy (non-hydrogen) atoms. The van der Waals surface area contributed by atoms with Crippen molar-refractivity contribution in [2.75, 3.05) is 0 Å². The average Bonchev–Trinajstić information content (AvgIpc) is 3.18. The van der Waals surface area contributed by atoms with Crippen LogP contribution in [0.25, 0.3) is 0 Å². The van der Waals surface area contributed by atoms with Crippen LogP contribution in [0, 0.1) is 5.92 Å². The Morgan fingerprint density at radius 1 is 1.40 bits per heavy atom. The maximum atomic E-state index is 12.5. The molecule has 0 aromatic carbocycles. The van der Waals surface area contributed by atoms with E-state index >= 15 is 0 Å². The molecule has 0 bridgehead atoms. The van der Waals surface area contributed by atoms with E-state index in [1.807, 2.05) is 6.92 Å². The lowest BCUT2D eigenvalue weighted by molar-refractivity contribution is -0.150. The molecule has 7 heteroatoms. The third kappa shape index (κ3) is 2.17. The van der Waals surface area contributed by atoms with Crippen LogP contribution in [0.1, 0.15) is 32.5 Å². The highest BCUT2D eigenvalue weighted by molar-refractivity contribution is 5.97. The first-order valence-electron chi connectivity index (χ1n) is 7.09. The molecule has 3 rings (SSSR count). The van der Waals surface area contributed by atoms with Crippen molar-refractivity contribution in [3.05, 3.63) is 12.2 Å². The normalized spacial score (nSPS) is 26.8. The van der Waals surface area contributed by atoms with Crippen molar-refractivity contribution in [3.63, 3.8) is 0 Å². The van der Waals surface area contributed by atoms with Crippen molar-refractivity contribution in [1.82, 2.24) is 25.0 Å². The van der Waals surface area contributed by atoms with Crippen molar-refractivity contribution in [1.29, 1.82) is 0 Å². The van der Waals surface area contributed by atoms with Gasteiger partial charge in [-0.2, -0.15) is 5.10 Å². The number of nitrogens with zero attached hydrogens (tertiary/aromatic N) is 4. The highest BCUT2D eigenvalue weighted by Gasteiger charge is 2.45. The monoisotopic (exact) mass is 277 g/mol. The number of carbonyl (C=O) groups is 2. The van der Waals surface area contributed by atoms with Gasteiger partial charge in [-0.15, -0.1) is 0 Å². The van der Waals surface area contributed by atoms with E-state index in [2.05, 4.69) is 15.4 Å². The molecule has 1 aromatic rings. The van der Waals surface area contributed by atoms with Gasteiger partial charge < -0.3 is 10.2 Å². The van der Waals surface area contributed by atoms with Crippen molar-refractivity contribution in [3.8, 4) is 0 Å². The van der Waals surface area contributed by atoms with Crippen LogP contribution < -0.4 is 5.32 Å². The van der Waals surface area contributed by atoms with Crippen LogP contribution in [-0.2, 0) is 22.7 Å². The van der Waals surface area contributed by atoms with Crippen LogP contribution in [0.4, 0.5) is 0 Å². The van der Waals surface area contributed by atoms with Crippen molar-refractivity contribution < 1.29 is 9.59 Å². The first-order valence-corrected chi connectivity index (χ1v) is 7.09. The molecule has 1 aromatic heterocycles. The Morgan fingerprint density at radius 2 is 2.15 bits per heavy atom. The van der Waals surface area contributed by atoms with Crippen LogP contribution in [-0.4, -0.2) is 43.6 Å². The highest BCUT2D eigenvalue weighted by atomic mass is 16.2. The summed E-state index contributed by atoms with van der Waals surface area (Å²) >= 11 is 0. The predicted octanol–water partition coefficient (Wildman–Crippen LogP) is -0.0765. The maximum absolute atomic E-state index is 12.5. The number of aromatic nitrogens is 3. The van der Waals surface area contributed by atoms with Crippen LogP contribution in [0.15, 0.2) is 6.33 Å². The Bertz CT molecular complexity index is 537. The zero-order valence-corrected chi connectivity index (χ0v) is 11.7. The van der Waals surface area contributed by atoms with E-state index < -0.39 is 6.04 Å². The van der Waals surface area contributed by atoms with Crippen LogP contribution in [0.2, 0.25) is 0 Å². The van der Waals surface area contributed by atoms with Gasteiger partial charge in [0.05, 0.1) is 6.54 Å². The Balaban J connectivity index is 1.81. The van der Waals surface area contributed by atoms with Crippen molar-refractivity contribution in [2.24, 2.45) is 5.92 Å². The van der Waals surface area contributed by atoms with Crippen LogP contribution in [0.5, 0.6) is 0 Å². The second-order valence-electron chi connectivity index (χ2n) is 5.46. The minimum atomic E-state index is -0.459. The molecule has 2 atom stereocenters. The average molecular weight is 277 g/mol. The molecule has 2 aliphatic rings. The van der Waals surface area contributed by atoms with Crippen LogP contribution in [0.3, 0.4) is 0 Å². The summed E-state index contributed by atoms with van der Waals surface area (Å²) in [6.45, 7) is 4.76. The molecule has 0 spiro atoms. The summed E-state index contributed by atoms with van der Waals surface area (Å²) in [4.78, 5) is 30.4. The zero-order chi connectivity index (χ0) is 14.3. The number of aryl methyl sites for hydroxylation is 1. The Kier molecular flexibility index (Phi) is 3.19. The van der Waals surface area contributed by atoms with E-state index in [0.29, 0.717) is 19.0 Å². The van der Waals surface area contributed by atoms with E-state index in [0.717, 1.165) is 18.7 Å². The fourth-order valence-electron chi connectivity index (χ4n) is 2.64.